The summed E-state index contributed by atoms with van der Waals surface area (Å²) in [5, 5.41) is 14.0. The van der Waals surface area contributed by atoms with Gasteiger partial charge >= 0.3 is 5.97 Å². The summed E-state index contributed by atoms with van der Waals surface area (Å²) >= 11 is 0. The number of hydrogen-bond donors (Lipinski definition) is 2. The summed E-state index contributed by atoms with van der Waals surface area (Å²) in [5.74, 6) is 0.797. The largest absolute Gasteiger partial charge is 0.506 e. The van der Waals surface area contributed by atoms with Crippen molar-refractivity contribution in [2.45, 2.75) is 46.2 Å². The second kappa shape index (κ2) is 9.56. The number of pyridine rings is 1. The van der Waals surface area contributed by atoms with E-state index in [-0.39, 0.29) is 17.8 Å². The lowest BCUT2D eigenvalue weighted by molar-refractivity contribution is -0.144. The number of likely N-dealkylation sites (tertiary alicyclic amines) is 1. The molecule has 0 saturated carbocycles. The molecule has 0 radical (unpaired) electrons. The average Bonchev–Trinajstić information content (AvgIpc) is 3.11. The molecule has 1 fully saturated rings. The Bertz CT molecular complexity index is 1100. The van der Waals surface area contributed by atoms with Crippen molar-refractivity contribution in [3.8, 4) is 5.75 Å². The molecule has 32 heavy (non-hydrogen) atoms. The molecule has 2 N–H and O–H groups in total. The maximum atomic E-state index is 11.8. The zero-order valence-corrected chi connectivity index (χ0v) is 19.0. The number of hydrogen-bond acceptors (Lipinski definition) is 7. The van der Waals surface area contributed by atoms with Crippen LogP contribution in [0.1, 0.15) is 36.7 Å². The number of aromatic hydroxyl groups is 1. The van der Waals surface area contributed by atoms with Crippen LogP contribution in [-0.2, 0) is 16.1 Å². The molecule has 0 amide bonds. The predicted octanol–water partition coefficient (Wildman–Crippen LogP) is 3.24. The van der Waals surface area contributed by atoms with Crippen molar-refractivity contribution < 1.29 is 14.6 Å². The SMILES string of the molecule is CCOC(=O)CN1CCC(Nc2nc3c(C)cccc3n2Cc2nc(C)ccc2O)CC1. The lowest BCUT2D eigenvalue weighted by Gasteiger charge is -2.31. The van der Waals surface area contributed by atoms with E-state index in [2.05, 4.69) is 38.8 Å². The number of carbonyl (C=O) groups excluding carboxylic acids is 1. The number of ether oxygens (including phenoxy) is 1. The van der Waals surface area contributed by atoms with Gasteiger partial charge in [-0.2, -0.15) is 0 Å². The second-order valence-electron chi connectivity index (χ2n) is 8.38. The lowest BCUT2D eigenvalue weighted by atomic mass is 10.1. The smallest absolute Gasteiger partial charge is 0.320 e. The van der Waals surface area contributed by atoms with Gasteiger partial charge in [-0.3, -0.25) is 14.7 Å². The molecule has 0 unspecified atom stereocenters. The lowest BCUT2D eigenvalue weighted by Crippen LogP contribution is -2.42. The predicted molar refractivity (Wildman–Crippen MR) is 124 cm³/mol. The topological polar surface area (TPSA) is 92.5 Å². The highest BCUT2D eigenvalue weighted by Gasteiger charge is 2.23. The van der Waals surface area contributed by atoms with Gasteiger partial charge in [-0.15, -0.1) is 0 Å². The number of esters is 1. The number of imidazole rings is 1. The van der Waals surface area contributed by atoms with Crippen molar-refractivity contribution in [3.63, 3.8) is 0 Å². The maximum Gasteiger partial charge on any atom is 0.320 e. The first-order valence-electron chi connectivity index (χ1n) is 11.2. The van der Waals surface area contributed by atoms with Crippen LogP contribution < -0.4 is 5.32 Å². The van der Waals surface area contributed by atoms with E-state index >= 15 is 0 Å². The maximum absolute atomic E-state index is 11.8. The van der Waals surface area contributed by atoms with Crippen molar-refractivity contribution in [1.29, 1.82) is 0 Å². The third-order valence-corrected chi connectivity index (χ3v) is 5.96. The number of nitrogens with zero attached hydrogens (tertiary/aromatic N) is 4. The van der Waals surface area contributed by atoms with Crippen LogP contribution in [0.3, 0.4) is 0 Å². The minimum absolute atomic E-state index is 0.165. The number of piperidine rings is 1. The minimum atomic E-state index is -0.165. The van der Waals surface area contributed by atoms with E-state index < -0.39 is 0 Å². The summed E-state index contributed by atoms with van der Waals surface area (Å²) in [6.45, 7) is 8.65. The normalized spacial score (nSPS) is 15.2. The van der Waals surface area contributed by atoms with Gasteiger partial charge in [0.15, 0.2) is 0 Å². The van der Waals surface area contributed by atoms with Gasteiger partial charge in [0.1, 0.15) is 11.4 Å². The number of rotatable bonds is 7. The van der Waals surface area contributed by atoms with Gasteiger partial charge in [-0.1, -0.05) is 12.1 Å². The van der Waals surface area contributed by atoms with E-state index in [4.69, 9.17) is 9.72 Å². The number of benzene rings is 1. The Labute approximate surface area is 188 Å². The van der Waals surface area contributed by atoms with Crippen molar-refractivity contribution in [1.82, 2.24) is 19.4 Å². The van der Waals surface area contributed by atoms with E-state index in [1.54, 1.807) is 12.1 Å². The van der Waals surface area contributed by atoms with Crippen LogP contribution in [0.15, 0.2) is 30.3 Å². The number of fused-ring (bicyclic) bond motifs is 1. The molecule has 170 valence electrons. The van der Waals surface area contributed by atoms with Crippen LogP contribution in [0.25, 0.3) is 11.0 Å². The molecule has 8 nitrogen and oxygen atoms in total. The third-order valence-electron chi connectivity index (χ3n) is 5.96. The van der Waals surface area contributed by atoms with Crippen molar-refractivity contribution in [2.75, 3.05) is 31.6 Å². The Balaban J connectivity index is 1.54. The Morgan fingerprint density at radius 1 is 1.19 bits per heavy atom. The highest BCUT2D eigenvalue weighted by Crippen LogP contribution is 2.27. The zero-order valence-electron chi connectivity index (χ0n) is 19.0. The van der Waals surface area contributed by atoms with Crippen LogP contribution >= 0.6 is 0 Å². The van der Waals surface area contributed by atoms with Crippen molar-refractivity contribution in [2.24, 2.45) is 0 Å². The van der Waals surface area contributed by atoms with E-state index in [1.807, 2.05) is 19.9 Å². The van der Waals surface area contributed by atoms with E-state index in [0.29, 0.717) is 25.4 Å². The number of aromatic nitrogens is 3. The summed E-state index contributed by atoms with van der Waals surface area (Å²) in [4.78, 5) is 23.3. The van der Waals surface area contributed by atoms with Gasteiger partial charge in [0, 0.05) is 24.8 Å². The van der Waals surface area contributed by atoms with E-state index in [0.717, 1.165) is 54.2 Å². The van der Waals surface area contributed by atoms with E-state index in [1.165, 1.54) is 0 Å². The summed E-state index contributed by atoms with van der Waals surface area (Å²) in [6, 6.07) is 9.88. The Morgan fingerprint density at radius 2 is 1.97 bits per heavy atom. The molecule has 3 heterocycles. The average molecular weight is 438 g/mol. The Morgan fingerprint density at radius 3 is 2.72 bits per heavy atom. The fourth-order valence-electron chi connectivity index (χ4n) is 4.23. The molecule has 1 saturated heterocycles. The third kappa shape index (κ3) is 4.85. The number of anilines is 1. The molecule has 1 aliphatic heterocycles. The van der Waals surface area contributed by atoms with Crippen LogP contribution in [-0.4, -0.2) is 62.8 Å². The van der Waals surface area contributed by atoms with Gasteiger partial charge in [0.25, 0.3) is 0 Å². The van der Waals surface area contributed by atoms with E-state index in [9.17, 15) is 9.90 Å². The number of aryl methyl sites for hydroxylation is 2. The quantitative estimate of drug-likeness (QED) is 0.548. The van der Waals surface area contributed by atoms with Gasteiger partial charge < -0.3 is 19.7 Å². The van der Waals surface area contributed by atoms with Crippen LogP contribution in [0.2, 0.25) is 0 Å². The molecule has 1 aliphatic rings. The molecule has 2 aromatic heterocycles. The zero-order chi connectivity index (χ0) is 22.7. The minimum Gasteiger partial charge on any atom is -0.506 e. The molecular weight excluding hydrogens is 406 g/mol. The van der Waals surface area contributed by atoms with Crippen LogP contribution in [0.4, 0.5) is 5.95 Å². The van der Waals surface area contributed by atoms with Gasteiger partial charge in [0.2, 0.25) is 5.95 Å². The summed E-state index contributed by atoms with van der Waals surface area (Å²) in [7, 11) is 0. The molecule has 0 bridgehead atoms. The highest BCUT2D eigenvalue weighted by atomic mass is 16.5. The monoisotopic (exact) mass is 437 g/mol. The first-order valence-corrected chi connectivity index (χ1v) is 11.2. The molecule has 0 spiro atoms. The molecule has 1 aromatic carbocycles. The fraction of sp³-hybridized carbons (Fsp3) is 0.458. The Kier molecular flexibility index (Phi) is 6.60. The fourth-order valence-corrected chi connectivity index (χ4v) is 4.23. The summed E-state index contributed by atoms with van der Waals surface area (Å²) in [5.41, 5.74) is 4.55. The van der Waals surface area contributed by atoms with Gasteiger partial charge in [0.05, 0.1) is 30.7 Å². The number of para-hydroxylation sites is 1. The first kappa shape index (κ1) is 22.1. The molecule has 8 heteroatoms. The van der Waals surface area contributed by atoms with Gasteiger partial charge in [-0.05, 0) is 57.4 Å². The summed E-state index contributed by atoms with van der Waals surface area (Å²) < 4.78 is 7.16. The van der Waals surface area contributed by atoms with Crippen LogP contribution in [0.5, 0.6) is 5.75 Å². The van der Waals surface area contributed by atoms with Crippen LogP contribution in [0, 0.1) is 13.8 Å². The van der Waals surface area contributed by atoms with Crippen molar-refractivity contribution >= 4 is 23.0 Å². The molecule has 0 atom stereocenters. The Hall–Kier alpha value is -3.13. The first-order chi connectivity index (χ1) is 15.4. The molecule has 0 aliphatic carbocycles. The molecular formula is C24H31N5O3. The van der Waals surface area contributed by atoms with Crippen molar-refractivity contribution in [3.05, 3.63) is 47.3 Å². The standard InChI is InChI=1S/C24H31N5O3/c1-4-32-22(31)15-28-12-10-18(11-13-28)26-24-27-23-16(2)6-5-7-20(23)29(24)14-19-21(30)9-8-17(3)25-19/h5-9,18,30H,4,10-15H2,1-3H3,(H,26,27). The second-order valence-corrected chi connectivity index (χ2v) is 8.38. The summed E-state index contributed by atoms with van der Waals surface area (Å²) in [6.07, 6.45) is 1.82. The molecule has 4 rings (SSSR count). The highest BCUT2D eigenvalue weighted by molar-refractivity contribution is 5.82. The van der Waals surface area contributed by atoms with Gasteiger partial charge in [-0.25, -0.2) is 4.98 Å². The molecule has 3 aromatic rings. The number of nitrogens with one attached hydrogen (secondary N) is 1. The number of carbonyl (C=O) groups is 1.